The molecule has 1 N–H and O–H groups in total. The number of aryl methyl sites for hydroxylation is 2. The first-order valence-electron chi connectivity index (χ1n) is 12.7. The number of hydrogen-bond donors (Lipinski definition) is 1. The minimum Gasteiger partial charge on any atom is -0.316 e. The monoisotopic (exact) mass is 526 g/mol. The summed E-state index contributed by atoms with van der Waals surface area (Å²) in [5.41, 5.74) is 6.26. The minimum atomic E-state index is -0.401. The molecule has 6 nitrogen and oxygen atoms in total. The van der Waals surface area contributed by atoms with Crippen molar-refractivity contribution in [2.75, 3.05) is 16.8 Å². The smallest absolute Gasteiger partial charge is 0.316 e. The van der Waals surface area contributed by atoms with Gasteiger partial charge in [-0.1, -0.05) is 54.1 Å². The van der Waals surface area contributed by atoms with E-state index in [0.717, 1.165) is 39.4 Å². The average molecular weight is 527 g/mol. The molecule has 0 radical (unpaired) electrons. The number of amides is 3. The minimum absolute atomic E-state index is 0.0828. The van der Waals surface area contributed by atoms with Gasteiger partial charge in [-0.2, -0.15) is 0 Å². The molecule has 38 heavy (non-hydrogen) atoms. The van der Waals surface area contributed by atoms with Crippen LogP contribution in [0, 0.1) is 13.8 Å². The van der Waals surface area contributed by atoms with E-state index < -0.39 is 6.04 Å². The molecule has 3 aromatic carbocycles. The van der Waals surface area contributed by atoms with E-state index in [1.54, 1.807) is 9.80 Å². The van der Waals surface area contributed by atoms with Gasteiger partial charge >= 0.3 is 6.03 Å². The van der Waals surface area contributed by atoms with Crippen LogP contribution in [0.25, 0.3) is 5.69 Å². The molecule has 1 aliphatic heterocycles. The Kier molecular flexibility index (Phi) is 7.00. The molecule has 3 amide bonds. The SMILES string of the molecule is Cc1cccc(C)c1NC(=O)N(CC(=O)N1c2ccccc2-n2cccc2C1c1cccc(Cl)c1)C(C)C. The zero-order valence-corrected chi connectivity index (χ0v) is 22.7. The molecule has 5 rings (SSSR count). The van der Waals surface area contributed by atoms with Crippen molar-refractivity contribution in [3.05, 3.63) is 112 Å². The van der Waals surface area contributed by atoms with E-state index in [9.17, 15) is 9.59 Å². The number of nitrogens with one attached hydrogen (secondary N) is 1. The van der Waals surface area contributed by atoms with E-state index in [4.69, 9.17) is 11.6 Å². The van der Waals surface area contributed by atoms with Gasteiger partial charge in [0.2, 0.25) is 5.91 Å². The number of carbonyl (C=O) groups excluding carboxylic acids is 2. The second-order valence-electron chi connectivity index (χ2n) is 9.93. The molecule has 0 saturated heterocycles. The maximum atomic E-state index is 14.2. The third kappa shape index (κ3) is 4.68. The molecule has 1 aliphatic rings. The van der Waals surface area contributed by atoms with E-state index in [1.807, 2.05) is 113 Å². The van der Waals surface area contributed by atoms with Gasteiger partial charge in [0.25, 0.3) is 0 Å². The van der Waals surface area contributed by atoms with Crippen molar-refractivity contribution in [1.82, 2.24) is 9.47 Å². The first kappa shape index (κ1) is 25.6. The fourth-order valence-electron chi connectivity index (χ4n) is 5.16. The summed E-state index contributed by atoms with van der Waals surface area (Å²) in [5, 5.41) is 3.64. The van der Waals surface area contributed by atoms with Crippen LogP contribution in [0.3, 0.4) is 0 Å². The first-order valence-corrected chi connectivity index (χ1v) is 13.1. The third-order valence-electron chi connectivity index (χ3n) is 7.06. The Hall–Kier alpha value is -4.03. The van der Waals surface area contributed by atoms with Gasteiger partial charge in [-0.05, 0) is 80.8 Å². The highest BCUT2D eigenvalue weighted by Crippen LogP contribution is 2.42. The lowest BCUT2D eigenvalue weighted by Crippen LogP contribution is -2.49. The van der Waals surface area contributed by atoms with Crippen LogP contribution in [0.15, 0.2) is 85.1 Å². The summed E-state index contributed by atoms with van der Waals surface area (Å²) >= 11 is 6.39. The molecule has 0 spiro atoms. The highest BCUT2D eigenvalue weighted by atomic mass is 35.5. The number of para-hydroxylation sites is 3. The van der Waals surface area contributed by atoms with Gasteiger partial charge < -0.3 is 14.8 Å². The summed E-state index contributed by atoms with van der Waals surface area (Å²) in [7, 11) is 0. The van der Waals surface area contributed by atoms with Gasteiger partial charge in [0.15, 0.2) is 0 Å². The van der Waals surface area contributed by atoms with Crippen LogP contribution in [-0.2, 0) is 4.79 Å². The van der Waals surface area contributed by atoms with Crippen LogP contribution in [0.5, 0.6) is 0 Å². The first-order chi connectivity index (χ1) is 18.3. The number of halogens is 1. The molecule has 7 heteroatoms. The Morgan fingerprint density at radius 2 is 1.61 bits per heavy atom. The Balaban J connectivity index is 1.53. The third-order valence-corrected chi connectivity index (χ3v) is 7.29. The molecule has 4 aromatic rings. The van der Waals surface area contributed by atoms with E-state index in [-0.39, 0.29) is 24.5 Å². The lowest BCUT2D eigenvalue weighted by molar-refractivity contribution is -0.119. The molecule has 0 saturated carbocycles. The lowest BCUT2D eigenvalue weighted by atomic mass is 9.97. The number of hydrogen-bond acceptors (Lipinski definition) is 2. The molecule has 0 fully saturated rings. The zero-order chi connectivity index (χ0) is 27.0. The molecule has 0 aliphatic carbocycles. The summed E-state index contributed by atoms with van der Waals surface area (Å²) in [6, 6.07) is 24.4. The van der Waals surface area contributed by atoms with Crippen molar-refractivity contribution in [1.29, 1.82) is 0 Å². The van der Waals surface area contributed by atoms with Gasteiger partial charge in [-0.15, -0.1) is 0 Å². The summed E-state index contributed by atoms with van der Waals surface area (Å²) in [6.07, 6.45) is 2.01. The Morgan fingerprint density at radius 3 is 2.29 bits per heavy atom. The number of anilines is 2. The summed E-state index contributed by atoms with van der Waals surface area (Å²) in [6.45, 7) is 7.68. The maximum Gasteiger partial charge on any atom is 0.322 e. The van der Waals surface area contributed by atoms with Gasteiger partial charge in [0.05, 0.1) is 17.1 Å². The van der Waals surface area contributed by atoms with Gasteiger partial charge in [0.1, 0.15) is 12.6 Å². The van der Waals surface area contributed by atoms with Crippen LogP contribution >= 0.6 is 11.6 Å². The molecule has 194 valence electrons. The normalized spacial score (nSPS) is 14.2. The number of carbonyl (C=O) groups is 2. The fraction of sp³-hybridized carbons (Fsp3) is 0.226. The van der Waals surface area contributed by atoms with Crippen molar-refractivity contribution >= 4 is 34.9 Å². The van der Waals surface area contributed by atoms with Crippen LogP contribution < -0.4 is 10.2 Å². The molecular formula is C31H31ClN4O2. The van der Waals surface area contributed by atoms with Gasteiger partial charge in [-0.3, -0.25) is 9.69 Å². The summed E-state index contributed by atoms with van der Waals surface area (Å²) < 4.78 is 2.11. The zero-order valence-electron chi connectivity index (χ0n) is 22.0. The number of fused-ring (bicyclic) bond motifs is 3. The Morgan fingerprint density at radius 1 is 0.921 bits per heavy atom. The largest absolute Gasteiger partial charge is 0.322 e. The molecular weight excluding hydrogens is 496 g/mol. The topological polar surface area (TPSA) is 57.6 Å². The van der Waals surface area contributed by atoms with E-state index >= 15 is 0 Å². The van der Waals surface area contributed by atoms with Crippen LogP contribution in [0.4, 0.5) is 16.2 Å². The fourth-order valence-corrected chi connectivity index (χ4v) is 5.35. The molecule has 1 unspecified atom stereocenters. The van der Waals surface area contributed by atoms with Gasteiger partial charge in [-0.25, -0.2) is 4.79 Å². The Bertz CT molecular complexity index is 1490. The lowest BCUT2D eigenvalue weighted by Gasteiger charge is -2.40. The van der Waals surface area contributed by atoms with Gasteiger partial charge in [0, 0.05) is 22.9 Å². The predicted octanol–water partition coefficient (Wildman–Crippen LogP) is 7.13. The summed E-state index contributed by atoms with van der Waals surface area (Å²) in [4.78, 5) is 31.1. The van der Waals surface area contributed by atoms with Crippen molar-refractivity contribution < 1.29 is 9.59 Å². The second kappa shape index (κ2) is 10.4. The molecule has 1 atom stereocenters. The van der Waals surface area contributed by atoms with Crippen molar-refractivity contribution in [3.8, 4) is 5.69 Å². The standard InChI is InChI=1S/C31H31ClN4O2/c1-20(2)35(31(38)33-29-21(3)10-7-11-22(29)4)19-28(37)36-26-15-6-5-14-25(26)34-17-9-16-27(34)30(36)23-12-8-13-24(32)18-23/h5-18,20,30H,19H2,1-4H3,(H,33,38). The van der Waals surface area contributed by atoms with Crippen LogP contribution in [0.2, 0.25) is 5.02 Å². The number of nitrogens with zero attached hydrogens (tertiary/aromatic N) is 3. The number of urea groups is 1. The predicted molar refractivity (Wildman–Crippen MR) is 153 cm³/mol. The highest BCUT2D eigenvalue weighted by molar-refractivity contribution is 6.30. The summed E-state index contributed by atoms with van der Waals surface area (Å²) in [5.74, 6) is -0.180. The van der Waals surface area contributed by atoms with E-state index in [0.29, 0.717) is 5.02 Å². The number of benzene rings is 3. The van der Waals surface area contributed by atoms with Crippen molar-refractivity contribution in [2.45, 2.75) is 39.8 Å². The maximum absolute atomic E-state index is 14.2. The second-order valence-corrected chi connectivity index (χ2v) is 10.4. The van der Waals surface area contributed by atoms with Crippen molar-refractivity contribution in [2.24, 2.45) is 0 Å². The number of rotatable bonds is 5. The number of aromatic nitrogens is 1. The van der Waals surface area contributed by atoms with E-state index in [2.05, 4.69) is 9.88 Å². The average Bonchev–Trinajstić information content (AvgIpc) is 3.38. The molecule has 2 heterocycles. The molecule has 0 bridgehead atoms. The molecule has 1 aromatic heterocycles. The van der Waals surface area contributed by atoms with Crippen LogP contribution in [-0.4, -0.2) is 34.0 Å². The van der Waals surface area contributed by atoms with Crippen molar-refractivity contribution in [3.63, 3.8) is 0 Å². The quantitative estimate of drug-likeness (QED) is 0.301. The van der Waals surface area contributed by atoms with E-state index in [1.165, 1.54) is 0 Å². The highest BCUT2D eigenvalue weighted by Gasteiger charge is 2.37. The van der Waals surface area contributed by atoms with Crippen LogP contribution in [0.1, 0.15) is 42.3 Å². The Labute approximate surface area is 228 Å².